The number of carbonyl (C=O) groups excluding carboxylic acids is 2. The van der Waals surface area contributed by atoms with Crippen LogP contribution in [0.1, 0.15) is 60.3 Å². The maximum Gasteiger partial charge on any atom is 0.407 e. The van der Waals surface area contributed by atoms with Crippen LogP contribution in [0.5, 0.6) is 0 Å². The van der Waals surface area contributed by atoms with Crippen LogP contribution in [-0.2, 0) is 16.1 Å². The second kappa shape index (κ2) is 10.5. The van der Waals surface area contributed by atoms with E-state index in [2.05, 4.69) is 24.1 Å². The summed E-state index contributed by atoms with van der Waals surface area (Å²) in [6.07, 6.45) is 1.19. The first-order valence-corrected chi connectivity index (χ1v) is 9.40. The minimum absolute atomic E-state index is 0.163. The van der Waals surface area contributed by atoms with E-state index in [1.54, 1.807) is 6.92 Å². The topological polar surface area (TPSA) is 90.7 Å². The Kier molecular flexibility index (Phi) is 8.04. The van der Waals surface area contributed by atoms with Crippen molar-refractivity contribution in [2.45, 2.75) is 46.1 Å². The molecule has 0 saturated heterocycles. The van der Waals surface area contributed by atoms with E-state index in [4.69, 9.17) is 13.9 Å². The molecule has 2 aromatic rings. The van der Waals surface area contributed by atoms with Crippen LogP contribution in [0.3, 0.4) is 0 Å². The molecular formula is C21H28N2O5. The smallest absolute Gasteiger partial charge is 0.407 e. The van der Waals surface area contributed by atoms with E-state index in [0.29, 0.717) is 24.1 Å². The summed E-state index contributed by atoms with van der Waals surface area (Å²) < 4.78 is 15.7. The highest BCUT2D eigenvalue weighted by Gasteiger charge is 2.24. The Bertz CT molecular complexity index is 770. The number of oxazole rings is 1. The summed E-state index contributed by atoms with van der Waals surface area (Å²) in [5, 5.41) is 2.77. The molecule has 0 unspecified atom stereocenters. The maximum atomic E-state index is 12.1. The zero-order valence-corrected chi connectivity index (χ0v) is 16.9. The lowest BCUT2D eigenvalue weighted by atomic mass is 9.97. The predicted octanol–water partition coefficient (Wildman–Crippen LogP) is 4.22. The molecule has 1 atom stereocenters. The molecule has 0 fully saturated rings. The number of esters is 1. The van der Waals surface area contributed by atoms with Gasteiger partial charge in [0.05, 0.1) is 13.0 Å². The predicted molar refractivity (Wildman–Crippen MR) is 104 cm³/mol. The zero-order valence-electron chi connectivity index (χ0n) is 16.9. The Morgan fingerprint density at radius 3 is 2.54 bits per heavy atom. The number of aryl methyl sites for hydroxylation is 1. The first-order valence-electron chi connectivity index (χ1n) is 9.40. The molecule has 1 aromatic heterocycles. The van der Waals surface area contributed by atoms with Gasteiger partial charge in [0.15, 0.2) is 11.6 Å². The maximum absolute atomic E-state index is 12.1. The fraction of sp³-hybridized carbons (Fsp3) is 0.476. The van der Waals surface area contributed by atoms with Crippen LogP contribution in [0.4, 0.5) is 4.79 Å². The van der Waals surface area contributed by atoms with Crippen molar-refractivity contribution in [3.05, 3.63) is 53.2 Å². The van der Waals surface area contributed by atoms with Gasteiger partial charge in [-0.25, -0.2) is 14.6 Å². The van der Waals surface area contributed by atoms with Crippen molar-refractivity contribution >= 4 is 12.1 Å². The number of amides is 1. The summed E-state index contributed by atoms with van der Waals surface area (Å²) in [7, 11) is 1.30. The van der Waals surface area contributed by atoms with E-state index >= 15 is 0 Å². The van der Waals surface area contributed by atoms with Gasteiger partial charge in [0, 0.05) is 6.54 Å². The molecule has 28 heavy (non-hydrogen) atoms. The monoisotopic (exact) mass is 388 g/mol. The molecule has 7 nitrogen and oxygen atoms in total. The van der Waals surface area contributed by atoms with Gasteiger partial charge in [-0.15, -0.1) is 0 Å². The van der Waals surface area contributed by atoms with Crippen LogP contribution < -0.4 is 5.32 Å². The number of rotatable bonds is 9. The van der Waals surface area contributed by atoms with Crippen molar-refractivity contribution < 1.29 is 23.5 Å². The molecule has 0 aliphatic heterocycles. The molecule has 0 radical (unpaired) electrons. The van der Waals surface area contributed by atoms with Gasteiger partial charge >= 0.3 is 12.1 Å². The highest BCUT2D eigenvalue weighted by molar-refractivity contribution is 5.88. The summed E-state index contributed by atoms with van der Waals surface area (Å²) >= 11 is 0. The molecule has 0 bridgehead atoms. The Hall–Kier alpha value is -2.83. The fourth-order valence-corrected chi connectivity index (χ4v) is 2.71. The van der Waals surface area contributed by atoms with Gasteiger partial charge in [0.1, 0.15) is 12.4 Å². The molecule has 1 heterocycles. The van der Waals surface area contributed by atoms with Crippen molar-refractivity contribution in [2.24, 2.45) is 5.92 Å². The van der Waals surface area contributed by atoms with Crippen LogP contribution >= 0.6 is 0 Å². The Morgan fingerprint density at radius 2 is 1.89 bits per heavy atom. The number of ether oxygens (including phenoxy) is 2. The number of methoxy groups -OCH3 is 1. The molecule has 1 aromatic carbocycles. The van der Waals surface area contributed by atoms with Crippen molar-refractivity contribution in [1.82, 2.24) is 10.3 Å². The summed E-state index contributed by atoms with van der Waals surface area (Å²) in [6, 6.07) is 9.47. The normalized spacial score (nSPS) is 11.9. The molecule has 2 rings (SSSR count). The van der Waals surface area contributed by atoms with Crippen LogP contribution in [0.15, 0.2) is 34.7 Å². The van der Waals surface area contributed by atoms with E-state index in [-0.39, 0.29) is 18.2 Å². The lowest BCUT2D eigenvalue weighted by Gasteiger charge is -2.16. The minimum atomic E-state index is -0.537. The van der Waals surface area contributed by atoms with Crippen LogP contribution in [0.2, 0.25) is 0 Å². The van der Waals surface area contributed by atoms with E-state index in [9.17, 15) is 9.59 Å². The molecule has 0 aliphatic rings. The van der Waals surface area contributed by atoms with Crippen molar-refractivity contribution in [2.75, 3.05) is 13.7 Å². The number of benzene rings is 1. The lowest BCUT2D eigenvalue weighted by molar-refractivity contribution is 0.0592. The number of alkyl carbamates (subject to hydrolysis) is 1. The van der Waals surface area contributed by atoms with Gasteiger partial charge in [0.2, 0.25) is 0 Å². The molecule has 0 aliphatic carbocycles. The second-order valence-corrected chi connectivity index (χ2v) is 7.06. The van der Waals surface area contributed by atoms with E-state index in [1.165, 1.54) is 7.11 Å². The number of hydrogen-bond acceptors (Lipinski definition) is 6. The average molecular weight is 388 g/mol. The van der Waals surface area contributed by atoms with Crippen molar-refractivity contribution in [1.29, 1.82) is 0 Å². The fourth-order valence-electron chi connectivity index (χ4n) is 2.71. The molecule has 152 valence electrons. The van der Waals surface area contributed by atoms with Gasteiger partial charge in [-0.3, -0.25) is 0 Å². The third-order valence-electron chi connectivity index (χ3n) is 4.34. The zero-order chi connectivity index (χ0) is 20.5. The van der Waals surface area contributed by atoms with Crippen molar-refractivity contribution in [3.63, 3.8) is 0 Å². The molecule has 0 spiro atoms. The molecule has 1 N–H and O–H groups in total. The molecule has 7 heteroatoms. The highest BCUT2D eigenvalue weighted by Crippen LogP contribution is 2.25. The van der Waals surface area contributed by atoms with E-state index in [1.807, 2.05) is 30.3 Å². The molecular weight excluding hydrogens is 360 g/mol. The summed E-state index contributed by atoms with van der Waals surface area (Å²) in [5.74, 6) is 0.614. The minimum Gasteiger partial charge on any atom is -0.464 e. The van der Waals surface area contributed by atoms with Crippen LogP contribution in [0.25, 0.3) is 0 Å². The first kappa shape index (κ1) is 21.5. The number of carbonyl (C=O) groups is 2. The highest BCUT2D eigenvalue weighted by atomic mass is 16.5. The number of hydrogen-bond donors (Lipinski definition) is 1. The Morgan fingerprint density at radius 1 is 1.18 bits per heavy atom. The van der Waals surface area contributed by atoms with Gasteiger partial charge < -0.3 is 19.2 Å². The van der Waals surface area contributed by atoms with Crippen molar-refractivity contribution in [3.8, 4) is 0 Å². The third kappa shape index (κ3) is 6.40. The lowest BCUT2D eigenvalue weighted by Crippen LogP contribution is -2.29. The quantitative estimate of drug-likeness (QED) is 0.647. The number of aromatic nitrogens is 1. The Labute approximate surface area is 165 Å². The van der Waals surface area contributed by atoms with E-state index < -0.39 is 12.1 Å². The van der Waals surface area contributed by atoms with Crippen LogP contribution in [-0.4, -0.2) is 30.7 Å². The number of nitrogens with one attached hydrogen (secondary N) is 1. The summed E-state index contributed by atoms with van der Waals surface area (Å²) in [6.45, 7) is 6.43. The standard InChI is InChI=1S/C21H28N2O5/c1-14(2)10-11-17(19-23-18(15(3)28-19)20(24)26-4)12-22-21(25)27-13-16-8-6-5-7-9-16/h5-9,14,17H,10-13H2,1-4H3,(H,22,25)/t17-/m1/s1. The SMILES string of the molecule is COC(=O)c1nc([C@H](CCC(C)C)CNC(=O)OCc2ccccc2)oc1C. The third-order valence-corrected chi connectivity index (χ3v) is 4.34. The second-order valence-electron chi connectivity index (χ2n) is 7.06. The largest absolute Gasteiger partial charge is 0.464 e. The van der Waals surface area contributed by atoms with Gasteiger partial charge in [-0.05, 0) is 24.8 Å². The average Bonchev–Trinajstić information content (AvgIpc) is 3.07. The molecule has 1 amide bonds. The van der Waals surface area contributed by atoms with Gasteiger partial charge in [-0.2, -0.15) is 0 Å². The Balaban J connectivity index is 1.98. The van der Waals surface area contributed by atoms with Crippen LogP contribution in [0, 0.1) is 12.8 Å². The molecule has 0 saturated carbocycles. The first-order chi connectivity index (χ1) is 13.4. The van der Waals surface area contributed by atoms with E-state index in [0.717, 1.165) is 18.4 Å². The summed E-state index contributed by atoms with van der Waals surface area (Å²) in [4.78, 5) is 28.1. The van der Waals surface area contributed by atoms with Gasteiger partial charge in [-0.1, -0.05) is 50.6 Å². The summed E-state index contributed by atoms with van der Waals surface area (Å²) in [5.41, 5.74) is 1.08. The van der Waals surface area contributed by atoms with Gasteiger partial charge in [0.25, 0.3) is 0 Å². The number of nitrogens with zero attached hydrogens (tertiary/aromatic N) is 1.